The van der Waals surface area contributed by atoms with E-state index in [1.54, 1.807) is 30.5 Å². The molecule has 37 heavy (non-hydrogen) atoms. The zero-order valence-electron chi connectivity index (χ0n) is 20.7. The predicted molar refractivity (Wildman–Crippen MR) is 152 cm³/mol. The summed E-state index contributed by atoms with van der Waals surface area (Å²) >= 11 is 3.46. The summed E-state index contributed by atoms with van der Waals surface area (Å²) in [6.07, 6.45) is 2.79. The van der Waals surface area contributed by atoms with Crippen molar-refractivity contribution in [3.63, 3.8) is 0 Å². The Balaban J connectivity index is 1.46. The first-order valence-corrected chi connectivity index (χ1v) is 14.2. The first-order valence-electron chi connectivity index (χ1n) is 11.5. The Hall–Kier alpha value is -3.69. The molecule has 4 rings (SSSR count). The standard InChI is InChI=1S/C28H27BrN4O3S/c1-20-17-24(21(2)33(20)27-15-11-25(29)12-16-27)18-30-31-28(34)23-9-13-26(14-10-23)32(37(3,35)36)19-22-7-5-4-6-8-22/h4-18H,19H2,1-3H3,(H,31,34)/b30-18+. The summed E-state index contributed by atoms with van der Waals surface area (Å²) < 4.78 is 29.3. The second kappa shape index (κ2) is 11.1. The van der Waals surface area contributed by atoms with Crippen molar-refractivity contribution in [3.05, 3.63) is 117 Å². The minimum Gasteiger partial charge on any atom is -0.318 e. The molecule has 9 heteroatoms. The van der Waals surface area contributed by atoms with Gasteiger partial charge in [-0.1, -0.05) is 46.3 Å². The van der Waals surface area contributed by atoms with E-state index in [-0.39, 0.29) is 6.54 Å². The average molecular weight is 580 g/mol. The Labute approximate surface area is 225 Å². The zero-order valence-corrected chi connectivity index (χ0v) is 23.1. The van der Waals surface area contributed by atoms with E-state index in [4.69, 9.17) is 0 Å². The molecule has 0 aliphatic carbocycles. The lowest BCUT2D eigenvalue weighted by molar-refractivity contribution is 0.0955. The van der Waals surface area contributed by atoms with Gasteiger partial charge in [0.25, 0.3) is 5.91 Å². The summed E-state index contributed by atoms with van der Waals surface area (Å²) in [5, 5.41) is 4.14. The minimum absolute atomic E-state index is 0.203. The largest absolute Gasteiger partial charge is 0.318 e. The van der Waals surface area contributed by atoms with Gasteiger partial charge in [0.2, 0.25) is 10.0 Å². The summed E-state index contributed by atoms with van der Waals surface area (Å²) in [5.41, 5.74) is 8.25. The fourth-order valence-corrected chi connectivity index (χ4v) is 5.21. The van der Waals surface area contributed by atoms with Crippen LogP contribution >= 0.6 is 15.9 Å². The quantitative estimate of drug-likeness (QED) is 0.218. The SMILES string of the molecule is Cc1cc(/C=N/NC(=O)c2ccc(N(Cc3ccccc3)S(C)(=O)=O)cc2)c(C)n1-c1ccc(Br)cc1. The van der Waals surface area contributed by atoms with Crippen LogP contribution in [0.3, 0.4) is 0 Å². The Bertz CT molecular complexity index is 1530. The van der Waals surface area contributed by atoms with Crippen molar-refractivity contribution in [3.8, 4) is 5.69 Å². The number of anilines is 1. The Morgan fingerprint density at radius 3 is 2.27 bits per heavy atom. The first-order chi connectivity index (χ1) is 17.6. The van der Waals surface area contributed by atoms with Crippen molar-refractivity contribution >= 4 is 43.8 Å². The lowest BCUT2D eigenvalue weighted by Gasteiger charge is -2.22. The smallest absolute Gasteiger partial charge is 0.271 e. The summed E-state index contributed by atoms with van der Waals surface area (Å²) in [6.45, 7) is 4.22. The highest BCUT2D eigenvalue weighted by atomic mass is 79.9. The van der Waals surface area contributed by atoms with Gasteiger partial charge in [-0.3, -0.25) is 9.10 Å². The second-order valence-electron chi connectivity index (χ2n) is 8.64. The molecule has 0 saturated heterocycles. The molecule has 3 aromatic carbocycles. The molecule has 7 nitrogen and oxygen atoms in total. The number of hydrazone groups is 1. The van der Waals surface area contributed by atoms with E-state index in [0.29, 0.717) is 11.3 Å². The highest BCUT2D eigenvalue weighted by Crippen LogP contribution is 2.23. The highest BCUT2D eigenvalue weighted by Gasteiger charge is 2.18. The Kier molecular flexibility index (Phi) is 7.94. The summed E-state index contributed by atoms with van der Waals surface area (Å²) in [6, 6.07) is 25.8. The molecule has 0 atom stereocenters. The molecule has 1 amide bonds. The molecule has 0 unspecified atom stereocenters. The van der Waals surface area contributed by atoms with Crippen molar-refractivity contribution < 1.29 is 13.2 Å². The third kappa shape index (κ3) is 6.36. The minimum atomic E-state index is -3.52. The number of hydrogen-bond acceptors (Lipinski definition) is 4. The maximum absolute atomic E-state index is 12.6. The van der Waals surface area contributed by atoms with E-state index in [1.807, 2.05) is 74.5 Å². The predicted octanol–water partition coefficient (Wildman–Crippen LogP) is 5.59. The van der Waals surface area contributed by atoms with Crippen LogP contribution in [-0.2, 0) is 16.6 Å². The van der Waals surface area contributed by atoms with Crippen molar-refractivity contribution in [1.29, 1.82) is 0 Å². The Morgan fingerprint density at radius 1 is 1.00 bits per heavy atom. The van der Waals surface area contributed by atoms with Crippen LogP contribution in [0.25, 0.3) is 5.69 Å². The molecule has 0 aliphatic rings. The number of nitrogens with zero attached hydrogens (tertiary/aromatic N) is 3. The molecule has 0 bridgehead atoms. The van der Waals surface area contributed by atoms with Crippen molar-refractivity contribution in [2.45, 2.75) is 20.4 Å². The number of aryl methyl sites for hydroxylation is 1. The van der Waals surface area contributed by atoms with E-state index in [1.165, 1.54) is 10.6 Å². The van der Waals surface area contributed by atoms with E-state index in [9.17, 15) is 13.2 Å². The van der Waals surface area contributed by atoms with Crippen molar-refractivity contribution in [1.82, 2.24) is 9.99 Å². The summed E-state index contributed by atoms with van der Waals surface area (Å²) in [4.78, 5) is 12.6. The zero-order chi connectivity index (χ0) is 26.6. The normalized spacial score (nSPS) is 11.6. The van der Waals surface area contributed by atoms with E-state index in [0.717, 1.165) is 32.7 Å². The number of aromatic nitrogens is 1. The van der Waals surface area contributed by atoms with Crippen LogP contribution in [0, 0.1) is 13.8 Å². The van der Waals surface area contributed by atoms with Gasteiger partial charge in [0.05, 0.1) is 24.7 Å². The molecule has 1 heterocycles. The van der Waals surface area contributed by atoms with Crippen molar-refractivity contribution in [2.75, 3.05) is 10.6 Å². The number of benzene rings is 3. The van der Waals surface area contributed by atoms with Crippen LogP contribution < -0.4 is 9.73 Å². The topological polar surface area (TPSA) is 83.8 Å². The van der Waals surface area contributed by atoms with Gasteiger partial charge in [-0.05, 0) is 74.0 Å². The van der Waals surface area contributed by atoms with Gasteiger partial charge >= 0.3 is 0 Å². The summed E-state index contributed by atoms with van der Waals surface area (Å²) in [7, 11) is -3.52. The van der Waals surface area contributed by atoms with Gasteiger partial charge in [0.15, 0.2) is 0 Å². The third-order valence-corrected chi connectivity index (χ3v) is 7.58. The second-order valence-corrected chi connectivity index (χ2v) is 11.5. The molecule has 1 N–H and O–H groups in total. The molecule has 0 spiro atoms. The fraction of sp³-hybridized carbons (Fsp3) is 0.143. The van der Waals surface area contributed by atoms with E-state index >= 15 is 0 Å². The van der Waals surface area contributed by atoms with Crippen molar-refractivity contribution in [2.24, 2.45) is 5.10 Å². The molecule has 1 aromatic heterocycles. The van der Waals surface area contributed by atoms with Crippen LogP contribution in [0.15, 0.2) is 94.5 Å². The molecule has 190 valence electrons. The Morgan fingerprint density at radius 2 is 1.65 bits per heavy atom. The lowest BCUT2D eigenvalue weighted by atomic mass is 10.2. The van der Waals surface area contributed by atoms with E-state index < -0.39 is 15.9 Å². The molecule has 4 aromatic rings. The maximum Gasteiger partial charge on any atom is 0.271 e. The molecular formula is C28H27BrN4O3S. The van der Waals surface area contributed by atoms with Crippen LogP contribution in [0.1, 0.15) is 32.9 Å². The third-order valence-electron chi connectivity index (χ3n) is 5.91. The molecule has 0 fully saturated rings. The number of halogens is 1. The van der Waals surface area contributed by atoms with Crippen LogP contribution in [-0.4, -0.2) is 31.4 Å². The maximum atomic E-state index is 12.6. The lowest BCUT2D eigenvalue weighted by Crippen LogP contribution is -2.29. The van der Waals surface area contributed by atoms with E-state index in [2.05, 4.69) is 31.0 Å². The number of nitrogens with one attached hydrogen (secondary N) is 1. The van der Waals surface area contributed by atoms with Crippen LogP contribution in [0.2, 0.25) is 0 Å². The number of amides is 1. The van der Waals surface area contributed by atoms with Gasteiger partial charge in [0, 0.05) is 32.7 Å². The summed E-state index contributed by atoms with van der Waals surface area (Å²) in [5.74, 6) is -0.390. The highest BCUT2D eigenvalue weighted by molar-refractivity contribution is 9.10. The number of hydrogen-bond donors (Lipinski definition) is 1. The number of carbonyl (C=O) groups excluding carboxylic acids is 1. The van der Waals surface area contributed by atoms with Gasteiger partial charge in [-0.15, -0.1) is 0 Å². The number of rotatable bonds is 8. The van der Waals surface area contributed by atoms with Gasteiger partial charge < -0.3 is 4.57 Å². The van der Waals surface area contributed by atoms with Crippen LogP contribution in [0.4, 0.5) is 5.69 Å². The molecular weight excluding hydrogens is 552 g/mol. The first kappa shape index (κ1) is 26.4. The monoisotopic (exact) mass is 578 g/mol. The van der Waals surface area contributed by atoms with Crippen LogP contribution in [0.5, 0.6) is 0 Å². The molecule has 0 radical (unpaired) electrons. The number of carbonyl (C=O) groups is 1. The van der Waals surface area contributed by atoms with Gasteiger partial charge in [0.1, 0.15) is 0 Å². The molecule has 0 saturated carbocycles. The number of sulfonamides is 1. The average Bonchev–Trinajstić information content (AvgIpc) is 3.16. The van der Waals surface area contributed by atoms with Gasteiger partial charge in [-0.2, -0.15) is 5.10 Å². The molecule has 0 aliphatic heterocycles. The fourth-order valence-electron chi connectivity index (χ4n) is 4.06. The van der Waals surface area contributed by atoms with Gasteiger partial charge in [-0.25, -0.2) is 13.8 Å².